The second-order valence-corrected chi connectivity index (χ2v) is 6.36. The highest BCUT2D eigenvalue weighted by atomic mass is 35.5. The Hall–Kier alpha value is -2.84. The number of nitrogens with one attached hydrogen (secondary N) is 1. The predicted octanol–water partition coefficient (Wildman–Crippen LogP) is 6.17. The molecular weight excluding hydrogens is 328 g/mol. The average Bonchev–Trinajstić information content (AvgIpc) is 2.67. The van der Waals surface area contributed by atoms with Crippen LogP contribution in [0.4, 0.5) is 5.82 Å². The van der Waals surface area contributed by atoms with E-state index >= 15 is 0 Å². The lowest BCUT2D eigenvalue weighted by Crippen LogP contribution is -2.03. The van der Waals surface area contributed by atoms with Gasteiger partial charge in [-0.15, -0.1) is 0 Å². The van der Waals surface area contributed by atoms with E-state index in [-0.39, 0.29) is 0 Å². The van der Waals surface area contributed by atoms with Crippen molar-refractivity contribution >= 4 is 28.3 Å². The van der Waals surface area contributed by atoms with Crippen LogP contribution in [0.3, 0.4) is 0 Å². The Morgan fingerprint density at radius 1 is 0.800 bits per heavy atom. The smallest absolute Gasteiger partial charge is 0.134 e. The Bertz CT molecular complexity index is 995. The number of fused-ring (bicyclic) bond motifs is 1. The van der Waals surface area contributed by atoms with Crippen LogP contribution in [-0.4, -0.2) is 4.98 Å². The van der Waals surface area contributed by atoms with Gasteiger partial charge >= 0.3 is 0 Å². The third kappa shape index (κ3) is 3.49. The minimum Gasteiger partial charge on any atom is -0.365 e. The number of pyridine rings is 1. The van der Waals surface area contributed by atoms with Crippen molar-refractivity contribution in [3.8, 4) is 11.1 Å². The van der Waals surface area contributed by atoms with Gasteiger partial charge in [-0.3, -0.25) is 0 Å². The van der Waals surface area contributed by atoms with Crippen LogP contribution in [0.1, 0.15) is 5.56 Å². The molecule has 1 aromatic heterocycles. The fourth-order valence-corrected chi connectivity index (χ4v) is 3.01. The van der Waals surface area contributed by atoms with Gasteiger partial charge in [0.1, 0.15) is 5.82 Å². The quantitative estimate of drug-likeness (QED) is 0.479. The van der Waals surface area contributed by atoms with Crippen molar-refractivity contribution in [3.63, 3.8) is 0 Å². The SMILES string of the molecule is Clc1ccc(-c2cc3ccccc3nc2NCc2ccccc2)cc1. The summed E-state index contributed by atoms with van der Waals surface area (Å²) in [5, 5.41) is 5.35. The molecule has 4 aromatic rings. The van der Waals surface area contributed by atoms with Crippen LogP contribution >= 0.6 is 11.6 Å². The Balaban J connectivity index is 1.77. The highest BCUT2D eigenvalue weighted by molar-refractivity contribution is 6.30. The van der Waals surface area contributed by atoms with E-state index in [9.17, 15) is 0 Å². The lowest BCUT2D eigenvalue weighted by atomic mass is 10.0. The molecule has 0 amide bonds. The van der Waals surface area contributed by atoms with E-state index in [1.807, 2.05) is 60.7 Å². The van der Waals surface area contributed by atoms with Crippen molar-refractivity contribution in [2.45, 2.75) is 6.54 Å². The molecule has 0 aliphatic heterocycles. The maximum absolute atomic E-state index is 6.04. The van der Waals surface area contributed by atoms with E-state index < -0.39 is 0 Å². The first-order chi connectivity index (χ1) is 12.3. The second-order valence-electron chi connectivity index (χ2n) is 5.92. The Morgan fingerprint density at radius 3 is 2.32 bits per heavy atom. The van der Waals surface area contributed by atoms with Crippen molar-refractivity contribution in [2.24, 2.45) is 0 Å². The third-order valence-electron chi connectivity index (χ3n) is 4.18. The van der Waals surface area contributed by atoms with Crippen LogP contribution < -0.4 is 5.32 Å². The molecule has 0 spiro atoms. The van der Waals surface area contributed by atoms with Crippen LogP contribution in [0.2, 0.25) is 5.02 Å². The first-order valence-electron chi connectivity index (χ1n) is 8.23. The average molecular weight is 345 g/mol. The first-order valence-corrected chi connectivity index (χ1v) is 8.61. The molecule has 3 heteroatoms. The molecule has 3 aromatic carbocycles. The van der Waals surface area contributed by atoms with E-state index in [2.05, 4.69) is 29.6 Å². The van der Waals surface area contributed by atoms with Crippen LogP contribution in [0.15, 0.2) is 84.9 Å². The lowest BCUT2D eigenvalue weighted by Gasteiger charge is -2.13. The molecule has 4 rings (SSSR count). The first kappa shape index (κ1) is 15.7. The van der Waals surface area contributed by atoms with Gasteiger partial charge < -0.3 is 5.32 Å². The summed E-state index contributed by atoms with van der Waals surface area (Å²) < 4.78 is 0. The molecule has 0 aliphatic carbocycles. The number of para-hydroxylation sites is 1. The Morgan fingerprint density at radius 2 is 1.52 bits per heavy atom. The lowest BCUT2D eigenvalue weighted by molar-refractivity contribution is 1.12. The molecule has 0 aliphatic rings. The standard InChI is InChI=1S/C22H17ClN2/c23-19-12-10-17(11-13-19)20-14-18-8-4-5-9-21(18)25-22(20)24-15-16-6-2-1-3-7-16/h1-14H,15H2,(H,24,25). The molecule has 0 saturated heterocycles. The fourth-order valence-electron chi connectivity index (χ4n) is 2.88. The van der Waals surface area contributed by atoms with Crippen molar-refractivity contribution in [1.29, 1.82) is 0 Å². The highest BCUT2D eigenvalue weighted by Crippen LogP contribution is 2.31. The minimum absolute atomic E-state index is 0.729. The summed E-state index contributed by atoms with van der Waals surface area (Å²) >= 11 is 6.04. The van der Waals surface area contributed by atoms with E-state index in [1.165, 1.54) is 5.56 Å². The number of anilines is 1. The number of nitrogens with zero attached hydrogens (tertiary/aromatic N) is 1. The van der Waals surface area contributed by atoms with E-state index in [0.717, 1.165) is 39.4 Å². The maximum Gasteiger partial charge on any atom is 0.134 e. The number of hydrogen-bond acceptors (Lipinski definition) is 2. The van der Waals surface area contributed by atoms with E-state index in [0.29, 0.717) is 0 Å². The molecule has 0 bridgehead atoms. The summed E-state index contributed by atoms with van der Waals surface area (Å²) in [7, 11) is 0. The van der Waals surface area contributed by atoms with Gasteiger partial charge in [0, 0.05) is 22.5 Å². The zero-order valence-corrected chi connectivity index (χ0v) is 14.4. The van der Waals surface area contributed by atoms with Crippen LogP contribution in [-0.2, 0) is 6.54 Å². The third-order valence-corrected chi connectivity index (χ3v) is 4.43. The number of rotatable bonds is 4. The summed E-state index contributed by atoms with van der Waals surface area (Å²) in [6.45, 7) is 0.729. The van der Waals surface area contributed by atoms with Crippen molar-refractivity contribution in [2.75, 3.05) is 5.32 Å². The molecule has 122 valence electrons. The second kappa shape index (κ2) is 6.96. The summed E-state index contributed by atoms with van der Waals surface area (Å²) in [5.74, 6) is 0.880. The molecule has 0 unspecified atom stereocenters. The summed E-state index contributed by atoms with van der Waals surface area (Å²) in [5.41, 5.74) is 4.37. The summed E-state index contributed by atoms with van der Waals surface area (Å²) in [4.78, 5) is 4.84. The van der Waals surface area contributed by atoms with Crippen molar-refractivity contribution < 1.29 is 0 Å². The summed E-state index contributed by atoms with van der Waals surface area (Å²) in [6.07, 6.45) is 0. The monoisotopic (exact) mass is 344 g/mol. The number of halogens is 1. The molecule has 1 heterocycles. The molecule has 0 saturated carbocycles. The van der Waals surface area contributed by atoms with Gasteiger partial charge in [-0.05, 0) is 35.4 Å². The maximum atomic E-state index is 6.04. The fraction of sp³-hybridized carbons (Fsp3) is 0.0455. The molecule has 1 N–H and O–H groups in total. The van der Waals surface area contributed by atoms with E-state index in [4.69, 9.17) is 16.6 Å². The van der Waals surface area contributed by atoms with Gasteiger partial charge in [0.25, 0.3) is 0 Å². The normalized spacial score (nSPS) is 10.8. The number of aromatic nitrogens is 1. The minimum atomic E-state index is 0.729. The largest absolute Gasteiger partial charge is 0.365 e. The predicted molar refractivity (Wildman–Crippen MR) is 106 cm³/mol. The molecule has 0 radical (unpaired) electrons. The summed E-state index contributed by atoms with van der Waals surface area (Å²) in [6, 6.07) is 28.6. The van der Waals surface area contributed by atoms with Crippen LogP contribution in [0.5, 0.6) is 0 Å². The van der Waals surface area contributed by atoms with Crippen molar-refractivity contribution in [3.05, 3.63) is 95.5 Å². The van der Waals surface area contributed by atoms with Gasteiger partial charge in [0.2, 0.25) is 0 Å². The molecule has 25 heavy (non-hydrogen) atoms. The topological polar surface area (TPSA) is 24.9 Å². The number of benzene rings is 3. The highest BCUT2D eigenvalue weighted by Gasteiger charge is 2.09. The Labute approximate surface area is 152 Å². The number of hydrogen-bond donors (Lipinski definition) is 1. The van der Waals surface area contributed by atoms with E-state index in [1.54, 1.807) is 0 Å². The van der Waals surface area contributed by atoms with Gasteiger partial charge in [-0.25, -0.2) is 4.98 Å². The van der Waals surface area contributed by atoms with Crippen LogP contribution in [0.25, 0.3) is 22.0 Å². The molecule has 2 nitrogen and oxygen atoms in total. The van der Waals surface area contributed by atoms with Crippen LogP contribution in [0, 0.1) is 0 Å². The molecule has 0 fully saturated rings. The zero-order chi connectivity index (χ0) is 17.1. The van der Waals surface area contributed by atoms with Gasteiger partial charge in [0.05, 0.1) is 5.52 Å². The Kier molecular flexibility index (Phi) is 4.36. The zero-order valence-electron chi connectivity index (χ0n) is 13.6. The molecule has 0 atom stereocenters. The van der Waals surface area contributed by atoms with Gasteiger partial charge in [-0.1, -0.05) is 72.3 Å². The molecular formula is C22H17ClN2. The van der Waals surface area contributed by atoms with Crippen molar-refractivity contribution in [1.82, 2.24) is 4.98 Å². The van der Waals surface area contributed by atoms with Gasteiger partial charge in [0.15, 0.2) is 0 Å². The van der Waals surface area contributed by atoms with Gasteiger partial charge in [-0.2, -0.15) is 0 Å².